The van der Waals surface area contributed by atoms with Gasteiger partial charge >= 0.3 is 0 Å². The van der Waals surface area contributed by atoms with Crippen LogP contribution in [0.25, 0.3) is 33.5 Å². The predicted molar refractivity (Wildman–Crippen MR) is 95.2 cm³/mol. The molecule has 1 aliphatic heterocycles. The number of rotatable bonds is 2. The minimum absolute atomic E-state index is 0.832. The van der Waals surface area contributed by atoms with Crippen molar-refractivity contribution in [2.75, 3.05) is 18.0 Å². The molecule has 0 spiro atoms. The third-order valence-corrected chi connectivity index (χ3v) is 4.74. The number of nitrogens with one attached hydrogen (secondary N) is 1. The van der Waals surface area contributed by atoms with Crippen LogP contribution in [0.15, 0.2) is 47.1 Å². The van der Waals surface area contributed by atoms with Gasteiger partial charge in [-0.2, -0.15) is 0 Å². The molecule has 0 unspecified atom stereocenters. The Labute approximate surface area is 139 Å². The fraction of sp³-hybridized carbons (Fsp3) is 0.263. The van der Waals surface area contributed by atoms with E-state index in [4.69, 9.17) is 4.42 Å². The Hall–Kier alpha value is -2.82. The highest BCUT2D eigenvalue weighted by Crippen LogP contribution is 2.32. The zero-order valence-corrected chi connectivity index (χ0v) is 13.3. The number of furan rings is 1. The first-order chi connectivity index (χ1) is 11.9. The summed E-state index contributed by atoms with van der Waals surface area (Å²) in [6, 6.07) is 12.2. The first kappa shape index (κ1) is 13.6. The molecule has 5 rings (SSSR count). The van der Waals surface area contributed by atoms with Crippen LogP contribution in [0.5, 0.6) is 0 Å². The molecule has 120 valence electrons. The maximum Gasteiger partial charge on any atom is 0.156 e. The number of nitrogens with zero attached hydrogens (tertiary/aromatic N) is 3. The number of hydrogen-bond acceptors (Lipinski definition) is 4. The second-order valence-electron chi connectivity index (χ2n) is 6.34. The van der Waals surface area contributed by atoms with Gasteiger partial charge in [0.1, 0.15) is 17.4 Å². The van der Waals surface area contributed by atoms with Gasteiger partial charge in [0.05, 0.1) is 11.2 Å². The monoisotopic (exact) mass is 318 g/mol. The van der Waals surface area contributed by atoms with Crippen molar-refractivity contribution in [2.24, 2.45) is 0 Å². The van der Waals surface area contributed by atoms with Crippen molar-refractivity contribution in [3.63, 3.8) is 0 Å². The number of benzene rings is 1. The summed E-state index contributed by atoms with van der Waals surface area (Å²) in [6.45, 7) is 2.12. The highest BCUT2D eigenvalue weighted by atomic mass is 16.3. The van der Waals surface area contributed by atoms with Crippen LogP contribution in [-0.2, 0) is 0 Å². The normalized spacial score (nSPS) is 15.4. The van der Waals surface area contributed by atoms with E-state index < -0.39 is 0 Å². The van der Waals surface area contributed by atoms with Crippen LogP contribution in [0.1, 0.15) is 19.3 Å². The van der Waals surface area contributed by atoms with Gasteiger partial charge in [0.15, 0.2) is 11.6 Å². The molecule has 1 N–H and O–H groups in total. The largest absolute Gasteiger partial charge is 0.455 e. The summed E-state index contributed by atoms with van der Waals surface area (Å²) in [6.07, 6.45) is 5.41. The van der Waals surface area contributed by atoms with E-state index in [0.29, 0.717) is 0 Å². The summed E-state index contributed by atoms with van der Waals surface area (Å²) < 4.78 is 5.98. The lowest BCUT2D eigenvalue weighted by molar-refractivity contribution is 0.574. The molecule has 1 aliphatic rings. The number of piperidine rings is 1. The minimum atomic E-state index is 0.832. The maximum absolute atomic E-state index is 5.98. The molecule has 24 heavy (non-hydrogen) atoms. The molecule has 5 heteroatoms. The quantitative estimate of drug-likeness (QED) is 0.596. The Morgan fingerprint density at radius 3 is 2.75 bits per heavy atom. The van der Waals surface area contributed by atoms with E-state index in [9.17, 15) is 0 Å². The van der Waals surface area contributed by atoms with E-state index in [0.717, 1.165) is 52.4 Å². The van der Waals surface area contributed by atoms with E-state index in [1.165, 1.54) is 19.3 Å². The van der Waals surface area contributed by atoms with Crippen LogP contribution < -0.4 is 4.90 Å². The Balaban J connectivity index is 1.62. The molecule has 1 aromatic carbocycles. The number of H-pyrrole nitrogens is 1. The van der Waals surface area contributed by atoms with Crippen LogP contribution in [0, 0.1) is 0 Å². The van der Waals surface area contributed by atoms with Gasteiger partial charge in [-0.1, -0.05) is 18.2 Å². The van der Waals surface area contributed by atoms with E-state index in [2.05, 4.69) is 32.0 Å². The molecule has 0 atom stereocenters. The molecule has 0 aliphatic carbocycles. The molecule has 0 amide bonds. The van der Waals surface area contributed by atoms with E-state index in [1.54, 1.807) is 6.33 Å². The number of anilines is 1. The molecule has 0 bridgehead atoms. The number of para-hydroxylation sites is 1. The van der Waals surface area contributed by atoms with Crippen molar-refractivity contribution < 1.29 is 4.42 Å². The van der Waals surface area contributed by atoms with Gasteiger partial charge in [-0.3, -0.25) is 0 Å². The van der Waals surface area contributed by atoms with Crippen molar-refractivity contribution >= 4 is 27.8 Å². The van der Waals surface area contributed by atoms with Crippen LogP contribution >= 0.6 is 0 Å². The van der Waals surface area contributed by atoms with Crippen LogP contribution in [0.3, 0.4) is 0 Å². The van der Waals surface area contributed by atoms with Crippen LogP contribution in [0.2, 0.25) is 0 Å². The summed E-state index contributed by atoms with van der Waals surface area (Å²) in [5.74, 6) is 1.83. The lowest BCUT2D eigenvalue weighted by atomic mass is 10.1. The zero-order valence-electron chi connectivity index (χ0n) is 13.3. The molecule has 0 saturated carbocycles. The summed E-state index contributed by atoms with van der Waals surface area (Å²) in [7, 11) is 0. The molecule has 1 saturated heterocycles. The Morgan fingerprint density at radius 1 is 1.00 bits per heavy atom. The fourth-order valence-corrected chi connectivity index (χ4v) is 3.52. The van der Waals surface area contributed by atoms with Gasteiger partial charge < -0.3 is 14.3 Å². The maximum atomic E-state index is 5.98. The fourth-order valence-electron chi connectivity index (χ4n) is 3.52. The molecule has 1 fully saturated rings. The van der Waals surface area contributed by atoms with E-state index >= 15 is 0 Å². The average Bonchev–Trinajstić information content (AvgIpc) is 3.26. The van der Waals surface area contributed by atoms with Gasteiger partial charge in [0.2, 0.25) is 0 Å². The molecule has 5 nitrogen and oxygen atoms in total. The average molecular weight is 318 g/mol. The van der Waals surface area contributed by atoms with Crippen molar-refractivity contribution in [2.45, 2.75) is 19.3 Å². The lowest BCUT2D eigenvalue weighted by Crippen LogP contribution is -2.30. The first-order valence-corrected chi connectivity index (χ1v) is 8.46. The Bertz CT molecular complexity index is 977. The van der Waals surface area contributed by atoms with Crippen LogP contribution in [-0.4, -0.2) is 28.0 Å². The number of hydrogen-bond donors (Lipinski definition) is 1. The highest BCUT2D eigenvalue weighted by Gasteiger charge is 2.18. The second kappa shape index (κ2) is 5.37. The number of fused-ring (bicyclic) bond motifs is 2. The van der Waals surface area contributed by atoms with Crippen molar-refractivity contribution in [3.05, 3.63) is 42.7 Å². The summed E-state index contributed by atoms with van der Waals surface area (Å²) in [5.41, 5.74) is 3.77. The lowest BCUT2D eigenvalue weighted by Gasteiger charge is -2.27. The standard InChI is InChI=1S/C19H18N4O/c1-4-8-23(9-5-1)19-18-15(20-12-21-19)11-14(22-18)17-10-13-6-2-3-7-16(13)24-17/h2-3,6-7,10-12,22H,1,4-5,8-9H2. The van der Waals surface area contributed by atoms with E-state index in [1.807, 2.05) is 24.3 Å². The van der Waals surface area contributed by atoms with Crippen molar-refractivity contribution in [1.82, 2.24) is 15.0 Å². The molecular formula is C19H18N4O. The van der Waals surface area contributed by atoms with Gasteiger partial charge in [0.25, 0.3) is 0 Å². The third kappa shape index (κ3) is 2.16. The molecule has 4 aromatic rings. The molecule has 3 aromatic heterocycles. The first-order valence-electron chi connectivity index (χ1n) is 8.46. The SMILES string of the molecule is c1ccc2oc(-c3cc4ncnc(N5CCCCC5)c4[nH]3)cc2c1. The van der Waals surface area contributed by atoms with Gasteiger partial charge in [-0.25, -0.2) is 9.97 Å². The number of aromatic nitrogens is 3. The smallest absolute Gasteiger partial charge is 0.156 e. The summed E-state index contributed by atoms with van der Waals surface area (Å²) in [4.78, 5) is 14.8. The molecule has 0 radical (unpaired) electrons. The van der Waals surface area contributed by atoms with Crippen molar-refractivity contribution in [3.8, 4) is 11.5 Å². The molecular weight excluding hydrogens is 300 g/mol. The third-order valence-electron chi connectivity index (χ3n) is 4.74. The summed E-state index contributed by atoms with van der Waals surface area (Å²) in [5, 5.41) is 1.11. The van der Waals surface area contributed by atoms with Gasteiger partial charge in [0, 0.05) is 18.5 Å². The van der Waals surface area contributed by atoms with Crippen molar-refractivity contribution in [1.29, 1.82) is 0 Å². The molecule has 4 heterocycles. The topological polar surface area (TPSA) is 58.0 Å². The summed E-state index contributed by atoms with van der Waals surface area (Å²) >= 11 is 0. The van der Waals surface area contributed by atoms with Gasteiger partial charge in [-0.05, 0) is 37.5 Å². The zero-order chi connectivity index (χ0) is 15.9. The second-order valence-corrected chi connectivity index (χ2v) is 6.34. The predicted octanol–water partition coefficient (Wildman–Crippen LogP) is 4.36. The minimum Gasteiger partial charge on any atom is -0.455 e. The number of aromatic amines is 1. The van der Waals surface area contributed by atoms with E-state index in [-0.39, 0.29) is 0 Å². The van der Waals surface area contributed by atoms with Crippen LogP contribution in [0.4, 0.5) is 5.82 Å². The Morgan fingerprint density at radius 2 is 1.88 bits per heavy atom. The highest BCUT2D eigenvalue weighted by molar-refractivity contribution is 5.91. The Kier molecular flexibility index (Phi) is 3.04. The van der Waals surface area contributed by atoms with Gasteiger partial charge in [-0.15, -0.1) is 0 Å².